The van der Waals surface area contributed by atoms with E-state index in [0.29, 0.717) is 19.3 Å². The summed E-state index contributed by atoms with van der Waals surface area (Å²) in [6.07, 6.45) is 3.91. The molecule has 2 bridgehead atoms. The third-order valence-corrected chi connectivity index (χ3v) is 10.5. The predicted octanol–water partition coefficient (Wildman–Crippen LogP) is 4.68. The number of para-hydroxylation sites is 1. The van der Waals surface area contributed by atoms with Crippen molar-refractivity contribution in [1.29, 1.82) is 0 Å². The van der Waals surface area contributed by atoms with Crippen molar-refractivity contribution in [2.45, 2.75) is 82.8 Å². The number of aryl methyl sites for hydroxylation is 2. The first kappa shape index (κ1) is 36.0. The van der Waals surface area contributed by atoms with E-state index in [-0.39, 0.29) is 50.3 Å². The number of hydrogen-bond acceptors (Lipinski definition) is 7. The van der Waals surface area contributed by atoms with E-state index in [1.165, 1.54) is 4.90 Å². The van der Waals surface area contributed by atoms with Crippen molar-refractivity contribution in [3.63, 3.8) is 0 Å². The van der Waals surface area contributed by atoms with Crippen LogP contribution < -0.4 is 4.90 Å². The molecule has 262 valence electrons. The van der Waals surface area contributed by atoms with Gasteiger partial charge in [-0.1, -0.05) is 60.7 Å². The van der Waals surface area contributed by atoms with Gasteiger partial charge in [-0.05, 0) is 63.1 Å². The van der Waals surface area contributed by atoms with Crippen molar-refractivity contribution < 1.29 is 33.8 Å². The SMILES string of the molecule is C=CCCC(=O)N(C)[C@H](C)[C@H](OC(=O)[C@@H]1[C@@H]2CC[C@]3(O2)[C@H](C(=O)N(CC=C)c2c(C)cccc2C)N(CCCO)C(=O)[C@@H]13)c1ccccc1. The van der Waals surface area contributed by atoms with Crippen LogP contribution in [0.1, 0.15) is 61.8 Å². The van der Waals surface area contributed by atoms with E-state index in [0.717, 1.165) is 22.4 Å². The molecule has 3 aliphatic heterocycles. The van der Waals surface area contributed by atoms with E-state index in [9.17, 15) is 24.3 Å². The quantitative estimate of drug-likeness (QED) is 0.216. The van der Waals surface area contributed by atoms with E-state index >= 15 is 0 Å². The topological polar surface area (TPSA) is 117 Å². The van der Waals surface area contributed by atoms with Gasteiger partial charge in [0.15, 0.2) is 0 Å². The molecule has 3 fully saturated rings. The van der Waals surface area contributed by atoms with Gasteiger partial charge in [0.2, 0.25) is 11.8 Å². The maximum absolute atomic E-state index is 14.8. The van der Waals surface area contributed by atoms with Gasteiger partial charge in [-0.2, -0.15) is 0 Å². The number of carbonyl (C=O) groups excluding carboxylic acids is 4. The lowest BCUT2D eigenvalue weighted by atomic mass is 9.70. The molecule has 3 aliphatic rings. The van der Waals surface area contributed by atoms with Crippen LogP contribution in [0.4, 0.5) is 5.69 Å². The molecule has 5 rings (SSSR count). The minimum Gasteiger partial charge on any atom is -0.455 e. The number of rotatable bonds is 15. The van der Waals surface area contributed by atoms with Crippen molar-refractivity contribution in [3.05, 3.63) is 90.5 Å². The molecule has 0 aliphatic carbocycles. The van der Waals surface area contributed by atoms with Crippen LogP contribution in [0.2, 0.25) is 0 Å². The van der Waals surface area contributed by atoms with Crippen LogP contribution >= 0.6 is 0 Å². The Bertz CT molecular complexity index is 1560. The number of hydrogen-bond donors (Lipinski definition) is 1. The number of aliphatic hydroxyl groups excluding tert-OH is 1. The first-order valence-corrected chi connectivity index (χ1v) is 17.2. The van der Waals surface area contributed by atoms with Gasteiger partial charge in [0.05, 0.1) is 24.0 Å². The van der Waals surface area contributed by atoms with E-state index in [1.807, 2.05) is 69.3 Å². The third kappa shape index (κ3) is 6.56. The van der Waals surface area contributed by atoms with Crippen LogP contribution in [0.25, 0.3) is 0 Å². The first-order chi connectivity index (χ1) is 23.5. The molecule has 3 heterocycles. The van der Waals surface area contributed by atoms with Crippen molar-refractivity contribution in [1.82, 2.24) is 9.80 Å². The predicted molar refractivity (Wildman–Crippen MR) is 186 cm³/mol. The Balaban J connectivity index is 1.50. The van der Waals surface area contributed by atoms with Crippen LogP contribution in [0.15, 0.2) is 73.8 Å². The zero-order valence-corrected chi connectivity index (χ0v) is 29.0. The van der Waals surface area contributed by atoms with Crippen LogP contribution in [0, 0.1) is 25.7 Å². The molecule has 7 atom stereocenters. The Kier molecular flexibility index (Phi) is 11.1. The van der Waals surface area contributed by atoms with Crippen LogP contribution in [-0.2, 0) is 28.7 Å². The molecule has 1 spiro atoms. The Morgan fingerprint density at radius 3 is 2.43 bits per heavy atom. The van der Waals surface area contributed by atoms with Gasteiger partial charge < -0.3 is 29.3 Å². The van der Waals surface area contributed by atoms with Crippen LogP contribution in [0.3, 0.4) is 0 Å². The number of anilines is 1. The summed E-state index contributed by atoms with van der Waals surface area (Å²) in [5.41, 5.74) is 2.04. The molecule has 2 aromatic rings. The highest BCUT2D eigenvalue weighted by atomic mass is 16.6. The normalized spacial score (nSPS) is 25.0. The second-order valence-corrected chi connectivity index (χ2v) is 13.5. The first-order valence-electron chi connectivity index (χ1n) is 17.2. The minimum atomic E-state index is -1.24. The highest BCUT2D eigenvalue weighted by Crippen LogP contribution is 2.59. The van der Waals surface area contributed by atoms with Gasteiger partial charge in [0.1, 0.15) is 17.7 Å². The molecule has 2 aromatic carbocycles. The van der Waals surface area contributed by atoms with Gasteiger partial charge >= 0.3 is 5.97 Å². The van der Waals surface area contributed by atoms with Gasteiger partial charge in [-0.25, -0.2) is 0 Å². The highest BCUT2D eigenvalue weighted by molar-refractivity contribution is 6.05. The number of carbonyl (C=O) groups is 4. The third-order valence-electron chi connectivity index (χ3n) is 10.5. The van der Waals surface area contributed by atoms with Crippen molar-refractivity contribution in [3.8, 4) is 0 Å². The second kappa shape index (κ2) is 15.1. The molecule has 49 heavy (non-hydrogen) atoms. The molecular formula is C39H49N3O7. The Morgan fingerprint density at radius 1 is 1.10 bits per heavy atom. The molecule has 10 nitrogen and oxygen atoms in total. The summed E-state index contributed by atoms with van der Waals surface area (Å²) in [6, 6.07) is 13.5. The number of amides is 3. The summed E-state index contributed by atoms with van der Waals surface area (Å²) in [5, 5.41) is 9.76. The standard InChI is InChI=1S/C39H49N3O7/c1-7-9-19-30(44)40(6)27(5)34(28-17-11-10-12-18-28)48-38(47)31-29-20-21-39(49-29)32(31)36(45)42(23-14-24-43)35(39)37(46)41(22-8-2)33-25(3)15-13-16-26(33)4/h7-8,10-13,15-18,27,29,31-32,34-35,43H,1-2,9,14,19-24H2,3-6H3/t27-,29+,31-,32-,34+,35+,39-/m1/s1. The lowest BCUT2D eigenvalue weighted by molar-refractivity contribution is -0.164. The maximum Gasteiger partial charge on any atom is 0.313 e. The average molecular weight is 672 g/mol. The number of likely N-dealkylation sites (tertiary alicyclic amines) is 1. The number of allylic oxidation sites excluding steroid dienone is 1. The van der Waals surface area contributed by atoms with Gasteiger partial charge in [-0.15, -0.1) is 13.2 Å². The number of ether oxygens (including phenoxy) is 2. The zero-order valence-electron chi connectivity index (χ0n) is 29.0. The molecule has 10 heteroatoms. The second-order valence-electron chi connectivity index (χ2n) is 13.5. The van der Waals surface area contributed by atoms with E-state index in [2.05, 4.69) is 13.2 Å². The number of likely N-dealkylation sites (N-methyl/N-ethyl adjacent to an activating group) is 1. The summed E-state index contributed by atoms with van der Waals surface area (Å²) < 4.78 is 13.0. The summed E-state index contributed by atoms with van der Waals surface area (Å²) in [7, 11) is 1.69. The molecule has 0 unspecified atom stereocenters. The lowest BCUT2D eigenvalue weighted by Crippen LogP contribution is -2.56. The molecule has 1 N–H and O–H groups in total. The average Bonchev–Trinajstić information content (AvgIpc) is 3.74. The number of fused-ring (bicyclic) bond motifs is 1. The molecule has 3 saturated heterocycles. The summed E-state index contributed by atoms with van der Waals surface area (Å²) in [4.78, 5) is 61.4. The van der Waals surface area contributed by atoms with Gasteiger partial charge in [0, 0.05) is 38.9 Å². The molecule has 0 radical (unpaired) electrons. The minimum absolute atomic E-state index is 0.105. The van der Waals surface area contributed by atoms with E-state index in [1.54, 1.807) is 29.0 Å². The van der Waals surface area contributed by atoms with Gasteiger partial charge in [0.25, 0.3) is 5.91 Å². The Morgan fingerprint density at radius 2 is 1.80 bits per heavy atom. The monoisotopic (exact) mass is 671 g/mol. The number of esters is 1. The van der Waals surface area contributed by atoms with E-state index < -0.39 is 47.7 Å². The van der Waals surface area contributed by atoms with Gasteiger partial charge in [-0.3, -0.25) is 19.2 Å². The summed E-state index contributed by atoms with van der Waals surface area (Å²) >= 11 is 0. The Hall–Kier alpha value is -4.28. The van der Waals surface area contributed by atoms with Crippen LogP contribution in [0.5, 0.6) is 0 Å². The smallest absolute Gasteiger partial charge is 0.313 e. The number of benzene rings is 2. The molecule has 0 aromatic heterocycles. The largest absolute Gasteiger partial charge is 0.455 e. The molecule has 0 saturated carbocycles. The fourth-order valence-corrected chi connectivity index (χ4v) is 8.10. The van der Waals surface area contributed by atoms with Crippen molar-refractivity contribution in [2.75, 3.05) is 31.6 Å². The zero-order chi connectivity index (χ0) is 35.5. The lowest BCUT2D eigenvalue weighted by Gasteiger charge is -2.37. The van der Waals surface area contributed by atoms with E-state index in [4.69, 9.17) is 9.47 Å². The van der Waals surface area contributed by atoms with Crippen LogP contribution in [-0.4, -0.2) is 89.1 Å². The highest BCUT2D eigenvalue weighted by Gasteiger charge is 2.75. The number of aliphatic hydroxyl groups is 1. The molecular weight excluding hydrogens is 622 g/mol. The van der Waals surface area contributed by atoms with Crippen molar-refractivity contribution >= 4 is 29.4 Å². The van der Waals surface area contributed by atoms with Crippen molar-refractivity contribution in [2.24, 2.45) is 11.8 Å². The number of nitrogens with zero attached hydrogens (tertiary/aromatic N) is 3. The molecule has 3 amide bonds. The fourth-order valence-electron chi connectivity index (χ4n) is 8.10. The maximum atomic E-state index is 14.8. The summed E-state index contributed by atoms with van der Waals surface area (Å²) in [6.45, 7) is 13.5. The Labute approximate surface area is 289 Å². The summed E-state index contributed by atoms with van der Waals surface area (Å²) in [5.74, 6) is -3.23. The fraction of sp³-hybridized carbons (Fsp3) is 0.487.